The lowest BCUT2D eigenvalue weighted by Crippen LogP contribution is -2.25. The van der Waals surface area contributed by atoms with Gasteiger partial charge in [-0.05, 0) is 37.6 Å². The molecule has 11 nitrogen and oxygen atoms in total. The summed E-state index contributed by atoms with van der Waals surface area (Å²) in [7, 11) is 1.55. The topological polar surface area (TPSA) is 143 Å². The van der Waals surface area contributed by atoms with Crippen molar-refractivity contribution in [3.63, 3.8) is 0 Å². The Hall–Kier alpha value is -5.26. The molecule has 0 atom stereocenters. The van der Waals surface area contributed by atoms with Gasteiger partial charge in [-0.1, -0.05) is 6.07 Å². The van der Waals surface area contributed by atoms with E-state index in [0.717, 1.165) is 22.5 Å². The second kappa shape index (κ2) is 11.0. The standard InChI is InChI=1S/C27H24FN9O2/c1-15-8-22(34-23-9-16(2)36-37-23)35-26(33-15)19-10-20(28)25(31-14-19)27(38)32-12-17-4-6-21(29-11-17)18-5-7-24(39-3)30-13-18/h4-11,13-14H,12H2,1-3H3,(H,32,38)(H2,33,34,35,36,37). The number of ether oxygens (including phenoxy) is 1. The molecule has 0 aliphatic rings. The second-order valence-electron chi connectivity index (χ2n) is 8.66. The predicted octanol–water partition coefficient (Wildman–Crippen LogP) is 4.16. The third-order valence-corrected chi connectivity index (χ3v) is 5.65. The fourth-order valence-electron chi connectivity index (χ4n) is 3.72. The molecule has 5 rings (SSSR count). The Bertz CT molecular complexity index is 1620. The molecule has 0 saturated carbocycles. The summed E-state index contributed by atoms with van der Waals surface area (Å²) in [5.74, 6) is 0.434. The Morgan fingerprint density at radius 3 is 2.46 bits per heavy atom. The van der Waals surface area contributed by atoms with Crippen molar-refractivity contribution in [3.8, 4) is 28.5 Å². The van der Waals surface area contributed by atoms with Crippen LogP contribution in [0.5, 0.6) is 5.88 Å². The fourth-order valence-corrected chi connectivity index (χ4v) is 3.72. The molecule has 196 valence electrons. The lowest BCUT2D eigenvalue weighted by molar-refractivity contribution is 0.0941. The molecule has 5 aromatic rings. The number of anilines is 2. The summed E-state index contributed by atoms with van der Waals surface area (Å²) >= 11 is 0. The van der Waals surface area contributed by atoms with Crippen molar-refractivity contribution in [2.45, 2.75) is 20.4 Å². The Kier molecular flexibility index (Phi) is 7.17. The average molecular weight is 526 g/mol. The van der Waals surface area contributed by atoms with E-state index in [-0.39, 0.29) is 18.1 Å². The summed E-state index contributed by atoms with van der Waals surface area (Å²) in [5, 5.41) is 12.7. The molecule has 0 aliphatic heterocycles. The number of carbonyl (C=O) groups excluding carboxylic acids is 1. The van der Waals surface area contributed by atoms with Gasteiger partial charge >= 0.3 is 0 Å². The van der Waals surface area contributed by atoms with Gasteiger partial charge in [0.2, 0.25) is 5.88 Å². The number of pyridine rings is 3. The van der Waals surface area contributed by atoms with Gasteiger partial charge in [-0.3, -0.25) is 14.9 Å². The molecule has 5 aromatic heterocycles. The lowest BCUT2D eigenvalue weighted by atomic mass is 10.1. The van der Waals surface area contributed by atoms with Crippen molar-refractivity contribution in [2.75, 3.05) is 12.4 Å². The first-order chi connectivity index (χ1) is 18.9. The maximum absolute atomic E-state index is 14.9. The van der Waals surface area contributed by atoms with Crippen LogP contribution in [-0.4, -0.2) is 48.1 Å². The first-order valence-electron chi connectivity index (χ1n) is 11.9. The Morgan fingerprint density at radius 1 is 0.949 bits per heavy atom. The van der Waals surface area contributed by atoms with Crippen molar-refractivity contribution >= 4 is 17.5 Å². The summed E-state index contributed by atoms with van der Waals surface area (Å²) in [6, 6.07) is 12.0. The molecule has 5 heterocycles. The third-order valence-electron chi connectivity index (χ3n) is 5.65. The van der Waals surface area contributed by atoms with Gasteiger partial charge < -0.3 is 15.4 Å². The van der Waals surface area contributed by atoms with Crippen LogP contribution in [0.2, 0.25) is 0 Å². The summed E-state index contributed by atoms with van der Waals surface area (Å²) in [5.41, 5.74) is 3.86. The number of methoxy groups -OCH3 is 1. The molecule has 0 aromatic carbocycles. The van der Waals surface area contributed by atoms with Crippen LogP contribution >= 0.6 is 0 Å². The quantitative estimate of drug-likeness (QED) is 0.272. The van der Waals surface area contributed by atoms with E-state index in [9.17, 15) is 9.18 Å². The molecule has 0 fully saturated rings. The predicted molar refractivity (Wildman–Crippen MR) is 142 cm³/mol. The highest BCUT2D eigenvalue weighted by molar-refractivity contribution is 5.92. The minimum Gasteiger partial charge on any atom is -0.481 e. The number of rotatable bonds is 8. The van der Waals surface area contributed by atoms with Crippen LogP contribution < -0.4 is 15.4 Å². The van der Waals surface area contributed by atoms with Gasteiger partial charge in [0.15, 0.2) is 23.2 Å². The van der Waals surface area contributed by atoms with Crippen molar-refractivity contribution in [2.24, 2.45) is 0 Å². The van der Waals surface area contributed by atoms with E-state index in [2.05, 4.69) is 45.8 Å². The largest absolute Gasteiger partial charge is 0.481 e. The number of amides is 1. The number of halogens is 1. The lowest BCUT2D eigenvalue weighted by Gasteiger charge is -2.09. The molecule has 0 saturated heterocycles. The normalized spacial score (nSPS) is 10.8. The fraction of sp³-hybridized carbons (Fsp3) is 0.148. The summed E-state index contributed by atoms with van der Waals surface area (Å²) in [6.07, 6.45) is 4.67. The number of hydrogen-bond acceptors (Lipinski definition) is 9. The van der Waals surface area contributed by atoms with Gasteiger partial charge in [0.1, 0.15) is 5.82 Å². The number of nitrogens with zero attached hydrogens (tertiary/aromatic N) is 6. The molecule has 0 radical (unpaired) electrons. The van der Waals surface area contributed by atoms with E-state index in [1.165, 1.54) is 12.3 Å². The molecule has 0 unspecified atom stereocenters. The van der Waals surface area contributed by atoms with Crippen LogP contribution in [0, 0.1) is 19.7 Å². The average Bonchev–Trinajstić information content (AvgIpc) is 3.35. The zero-order valence-corrected chi connectivity index (χ0v) is 21.4. The van der Waals surface area contributed by atoms with Gasteiger partial charge in [-0.15, -0.1) is 0 Å². The number of carbonyl (C=O) groups is 1. The van der Waals surface area contributed by atoms with E-state index >= 15 is 0 Å². The van der Waals surface area contributed by atoms with Crippen LogP contribution in [0.4, 0.5) is 16.0 Å². The van der Waals surface area contributed by atoms with Crippen molar-refractivity contribution in [1.82, 2.24) is 40.4 Å². The molecule has 0 aliphatic carbocycles. The highest BCUT2D eigenvalue weighted by Gasteiger charge is 2.16. The number of aryl methyl sites for hydroxylation is 2. The number of H-pyrrole nitrogens is 1. The Morgan fingerprint density at radius 2 is 1.79 bits per heavy atom. The van der Waals surface area contributed by atoms with Crippen molar-refractivity contribution in [1.29, 1.82) is 0 Å². The number of nitrogens with one attached hydrogen (secondary N) is 3. The SMILES string of the molecule is COc1ccc(-c2ccc(CNC(=O)c3ncc(-c4nc(C)cc(Nc5cc(C)[nH]n5)n4)cc3F)cn2)cn1. The minimum absolute atomic E-state index is 0.151. The van der Waals surface area contributed by atoms with Crippen molar-refractivity contribution in [3.05, 3.63) is 89.5 Å². The summed E-state index contributed by atoms with van der Waals surface area (Å²) < 4.78 is 20.0. The van der Waals surface area contributed by atoms with E-state index < -0.39 is 11.7 Å². The highest BCUT2D eigenvalue weighted by atomic mass is 19.1. The van der Waals surface area contributed by atoms with Gasteiger partial charge in [0, 0.05) is 65.8 Å². The minimum atomic E-state index is -0.784. The molecular formula is C27H24FN9O2. The van der Waals surface area contributed by atoms with Gasteiger partial charge in [0.25, 0.3) is 5.91 Å². The number of aromatic nitrogens is 7. The van der Waals surface area contributed by atoms with Crippen molar-refractivity contribution < 1.29 is 13.9 Å². The van der Waals surface area contributed by atoms with E-state index in [1.807, 2.05) is 31.2 Å². The zero-order valence-electron chi connectivity index (χ0n) is 21.4. The molecule has 1 amide bonds. The van der Waals surface area contributed by atoms with E-state index in [4.69, 9.17) is 4.74 Å². The maximum Gasteiger partial charge on any atom is 0.273 e. The monoisotopic (exact) mass is 525 g/mol. The summed E-state index contributed by atoms with van der Waals surface area (Å²) in [4.78, 5) is 34.1. The van der Waals surface area contributed by atoms with Crippen LogP contribution in [0.25, 0.3) is 22.6 Å². The zero-order chi connectivity index (χ0) is 27.4. The number of hydrogen-bond donors (Lipinski definition) is 3. The molecule has 3 N–H and O–H groups in total. The first kappa shape index (κ1) is 25.4. The molecule has 12 heteroatoms. The highest BCUT2D eigenvalue weighted by Crippen LogP contribution is 2.22. The summed E-state index contributed by atoms with van der Waals surface area (Å²) in [6.45, 7) is 3.83. The van der Waals surface area contributed by atoms with Gasteiger partial charge in [-0.2, -0.15) is 5.10 Å². The Balaban J connectivity index is 1.25. The third kappa shape index (κ3) is 6.01. The number of aromatic amines is 1. The van der Waals surface area contributed by atoms with Crippen LogP contribution in [0.3, 0.4) is 0 Å². The van der Waals surface area contributed by atoms with Gasteiger partial charge in [0.05, 0.1) is 12.8 Å². The van der Waals surface area contributed by atoms with Crippen LogP contribution in [0.1, 0.15) is 27.4 Å². The van der Waals surface area contributed by atoms with Crippen LogP contribution in [0.15, 0.2) is 61.1 Å². The van der Waals surface area contributed by atoms with Crippen LogP contribution in [-0.2, 0) is 6.54 Å². The van der Waals surface area contributed by atoms with E-state index in [0.29, 0.717) is 28.8 Å². The molecule has 0 bridgehead atoms. The molecule has 0 spiro atoms. The second-order valence-corrected chi connectivity index (χ2v) is 8.66. The molecular weight excluding hydrogens is 501 g/mol. The smallest absolute Gasteiger partial charge is 0.273 e. The maximum atomic E-state index is 14.9. The Labute approximate surface area is 223 Å². The first-order valence-corrected chi connectivity index (χ1v) is 11.9. The molecule has 39 heavy (non-hydrogen) atoms. The van der Waals surface area contributed by atoms with E-state index in [1.54, 1.807) is 38.6 Å². The van der Waals surface area contributed by atoms with Gasteiger partial charge in [-0.25, -0.2) is 24.3 Å².